The van der Waals surface area contributed by atoms with Crippen LogP contribution in [0.2, 0.25) is 25.7 Å². The molecule has 0 saturated carbocycles. The maximum absolute atomic E-state index is 11.3. The van der Waals surface area contributed by atoms with Gasteiger partial charge in [-0.1, -0.05) is 38.7 Å². The fraction of sp³-hybridized carbons (Fsp3) is 0.250. The molecule has 9 nitrogen and oxygen atoms in total. The summed E-state index contributed by atoms with van der Waals surface area (Å²) in [6.45, 7) is 12.9. The third-order valence-corrected chi connectivity index (χ3v) is 10.5. The molecule has 0 bridgehead atoms. The molecular formula is C40H43N6O3Si+. The van der Waals surface area contributed by atoms with E-state index >= 15 is 0 Å². The largest absolute Gasteiger partial charge is 0.507 e. The minimum Gasteiger partial charge on any atom is -0.507 e. The number of imidazole rings is 1. The van der Waals surface area contributed by atoms with Crippen LogP contribution in [0.25, 0.3) is 39.6 Å². The summed E-state index contributed by atoms with van der Waals surface area (Å²) in [5.74, 6) is 3.08. The van der Waals surface area contributed by atoms with E-state index in [1.54, 1.807) is 6.07 Å². The number of hydrogen-bond donors (Lipinski definition) is 1. The highest BCUT2D eigenvalue weighted by atomic mass is 28.3. The molecule has 10 heteroatoms. The van der Waals surface area contributed by atoms with E-state index < -0.39 is 8.07 Å². The molecule has 7 rings (SSSR count). The zero-order chi connectivity index (χ0) is 34.8. The van der Waals surface area contributed by atoms with Gasteiger partial charge in [0.25, 0.3) is 0 Å². The summed E-state index contributed by atoms with van der Waals surface area (Å²) < 4.78 is 18.2. The maximum Gasteiger partial charge on any atom is 0.213 e. The number of furan rings is 1. The van der Waals surface area contributed by atoms with Crippen molar-refractivity contribution in [2.45, 2.75) is 59.0 Å². The Kier molecular flexibility index (Phi) is 9.11. The molecule has 0 unspecified atom stereocenters. The molecule has 254 valence electrons. The summed E-state index contributed by atoms with van der Waals surface area (Å²) in [6.07, 6.45) is 6.73. The molecular weight excluding hydrogens is 641 g/mol. The van der Waals surface area contributed by atoms with E-state index in [-0.39, 0.29) is 5.75 Å². The first-order valence-electron chi connectivity index (χ1n) is 17.1. The average molecular weight is 684 g/mol. The first kappa shape index (κ1) is 33.0. The number of hydrogen-bond acceptors (Lipinski definition) is 6. The van der Waals surface area contributed by atoms with Gasteiger partial charge in [-0.3, -0.25) is 0 Å². The molecule has 2 aromatic carbocycles. The summed E-state index contributed by atoms with van der Waals surface area (Å²) in [7, 11) is -1.20. The number of ether oxygens (including phenoxy) is 1. The first-order chi connectivity index (χ1) is 24.1. The number of rotatable bonds is 12. The number of aromatic nitrogens is 6. The molecule has 0 atom stereocenters. The van der Waals surface area contributed by atoms with Crippen LogP contribution in [0.3, 0.4) is 0 Å². The molecule has 0 amide bonds. The van der Waals surface area contributed by atoms with Gasteiger partial charge in [-0.2, -0.15) is 5.10 Å². The number of fused-ring (bicyclic) bond motifs is 1. The lowest BCUT2D eigenvalue weighted by atomic mass is 10.1. The van der Waals surface area contributed by atoms with Crippen LogP contribution in [-0.2, 0) is 19.5 Å². The maximum atomic E-state index is 11.3. The number of aryl methyl sites for hydroxylation is 2. The summed E-state index contributed by atoms with van der Waals surface area (Å²) in [5, 5.41) is 16.2. The van der Waals surface area contributed by atoms with E-state index in [9.17, 15) is 5.11 Å². The van der Waals surface area contributed by atoms with E-state index in [1.807, 2.05) is 78.7 Å². The molecule has 0 aliphatic heterocycles. The standard InChI is InChI=1S/C40H42N6O3Si/c1-6-31-23-36(38-16-10-28(2)49-38)46(43-31)32-13-14-35-34(24-32)42-40(33-22-29(11-15-37(33)47)26-44-18-8-7-9-19-44)45(35)27-30-12-17-39(41-25-30)48-20-21-50(3,4)5/h7-19,22-25H,6,20-21,26-27H2,1-5H3/p+1. The average Bonchev–Trinajstić information content (AvgIpc) is 3.83. The van der Waals surface area contributed by atoms with Gasteiger partial charge in [0, 0.05) is 38.0 Å². The molecule has 0 aliphatic rings. The van der Waals surface area contributed by atoms with Crippen LogP contribution in [-0.4, -0.2) is 44.1 Å². The summed E-state index contributed by atoms with van der Waals surface area (Å²) >= 11 is 0. The van der Waals surface area contributed by atoms with Crippen LogP contribution in [0.1, 0.15) is 29.5 Å². The van der Waals surface area contributed by atoms with Gasteiger partial charge in [0.1, 0.15) is 23.0 Å². The van der Waals surface area contributed by atoms with Gasteiger partial charge in [0.05, 0.1) is 41.1 Å². The minimum atomic E-state index is -1.20. The Morgan fingerprint density at radius 3 is 2.46 bits per heavy atom. The SMILES string of the molecule is CCc1cc(-c2ccc(C)o2)n(-c2ccc3c(c2)nc(-c2cc(C[n+]4ccccc4)ccc2O)n3Cc2ccc(OCC[Si](C)(C)C)nc2)n1. The lowest BCUT2D eigenvalue weighted by Crippen LogP contribution is -2.32. The number of nitrogens with zero attached hydrogens (tertiary/aromatic N) is 6. The number of benzene rings is 2. The van der Waals surface area contributed by atoms with Crippen molar-refractivity contribution in [2.75, 3.05) is 6.61 Å². The van der Waals surface area contributed by atoms with Gasteiger partial charge in [0.2, 0.25) is 5.88 Å². The highest BCUT2D eigenvalue weighted by Gasteiger charge is 2.20. The monoisotopic (exact) mass is 683 g/mol. The predicted octanol–water partition coefficient (Wildman–Crippen LogP) is 8.22. The smallest absolute Gasteiger partial charge is 0.213 e. The fourth-order valence-corrected chi connectivity index (χ4v) is 6.72. The van der Waals surface area contributed by atoms with Gasteiger partial charge in [-0.05, 0) is 79.5 Å². The molecule has 1 N–H and O–H groups in total. The van der Waals surface area contributed by atoms with E-state index in [0.29, 0.717) is 37.0 Å². The topological polar surface area (TPSA) is 95.0 Å². The summed E-state index contributed by atoms with van der Waals surface area (Å²) in [6, 6.07) is 29.0. The summed E-state index contributed by atoms with van der Waals surface area (Å²) in [5.41, 5.74) is 7.16. The molecule has 7 aromatic rings. The van der Waals surface area contributed by atoms with Crippen molar-refractivity contribution in [3.8, 4) is 40.2 Å². The van der Waals surface area contributed by atoms with Gasteiger partial charge in [-0.15, -0.1) is 0 Å². The van der Waals surface area contributed by atoms with E-state index in [1.165, 1.54) is 0 Å². The molecule has 5 aromatic heterocycles. The third kappa shape index (κ3) is 7.25. The van der Waals surface area contributed by atoms with Crippen LogP contribution in [0.4, 0.5) is 0 Å². The van der Waals surface area contributed by atoms with Crippen LogP contribution in [0.15, 0.2) is 108 Å². The first-order valence-corrected chi connectivity index (χ1v) is 20.8. The quantitative estimate of drug-likeness (QED) is 0.103. The fourth-order valence-electron chi connectivity index (χ4n) is 6.01. The Morgan fingerprint density at radius 1 is 0.920 bits per heavy atom. The molecule has 0 spiro atoms. The Morgan fingerprint density at radius 2 is 1.74 bits per heavy atom. The van der Waals surface area contributed by atoms with Gasteiger partial charge in [-0.25, -0.2) is 19.2 Å². The van der Waals surface area contributed by atoms with Crippen molar-refractivity contribution >= 4 is 19.1 Å². The lowest BCUT2D eigenvalue weighted by Gasteiger charge is -2.15. The van der Waals surface area contributed by atoms with E-state index in [2.05, 4.69) is 71.0 Å². The molecule has 0 fully saturated rings. The Balaban J connectivity index is 1.29. The Hall–Kier alpha value is -5.48. The van der Waals surface area contributed by atoms with Crippen LogP contribution in [0, 0.1) is 6.92 Å². The normalized spacial score (nSPS) is 11.8. The zero-order valence-electron chi connectivity index (χ0n) is 29.3. The van der Waals surface area contributed by atoms with Crippen molar-refractivity contribution in [1.82, 2.24) is 24.3 Å². The number of aromatic hydroxyl groups is 1. The molecule has 0 saturated heterocycles. The van der Waals surface area contributed by atoms with Gasteiger partial charge in [0.15, 0.2) is 24.7 Å². The number of phenolic OH excluding ortho intramolecular Hbond substituents is 1. The number of pyridine rings is 2. The highest BCUT2D eigenvalue weighted by Crippen LogP contribution is 2.34. The molecule has 0 radical (unpaired) electrons. The molecule has 0 aliphatic carbocycles. The molecule has 5 heterocycles. The number of phenols is 1. The minimum absolute atomic E-state index is 0.169. The zero-order valence-corrected chi connectivity index (χ0v) is 30.3. The lowest BCUT2D eigenvalue weighted by molar-refractivity contribution is -0.688. The van der Waals surface area contributed by atoms with Crippen molar-refractivity contribution in [1.29, 1.82) is 0 Å². The highest BCUT2D eigenvalue weighted by molar-refractivity contribution is 6.76. The second-order valence-corrected chi connectivity index (χ2v) is 19.6. The summed E-state index contributed by atoms with van der Waals surface area (Å²) in [4.78, 5) is 9.81. The van der Waals surface area contributed by atoms with Crippen molar-refractivity contribution in [3.05, 3.63) is 126 Å². The van der Waals surface area contributed by atoms with Crippen molar-refractivity contribution in [2.24, 2.45) is 0 Å². The Labute approximate surface area is 293 Å². The Bertz CT molecular complexity index is 2250. The van der Waals surface area contributed by atoms with Crippen molar-refractivity contribution in [3.63, 3.8) is 0 Å². The van der Waals surface area contributed by atoms with Crippen LogP contribution in [0.5, 0.6) is 11.6 Å². The molecule has 50 heavy (non-hydrogen) atoms. The third-order valence-electron chi connectivity index (χ3n) is 8.78. The predicted molar refractivity (Wildman–Crippen MR) is 198 cm³/mol. The second-order valence-electron chi connectivity index (χ2n) is 14.0. The van der Waals surface area contributed by atoms with Crippen LogP contribution >= 0.6 is 0 Å². The second kappa shape index (κ2) is 13.8. The van der Waals surface area contributed by atoms with Gasteiger partial charge < -0.3 is 18.8 Å². The van der Waals surface area contributed by atoms with E-state index in [0.717, 1.165) is 63.2 Å². The van der Waals surface area contributed by atoms with Gasteiger partial charge >= 0.3 is 0 Å². The van der Waals surface area contributed by atoms with Crippen molar-refractivity contribution < 1.29 is 18.8 Å². The van der Waals surface area contributed by atoms with E-state index in [4.69, 9.17) is 19.2 Å². The van der Waals surface area contributed by atoms with Crippen LogP contribution < -0.4 is 9.30 Å².